The van der Waals surface area contributed by atoms with Gasteiger partial charge in [0.15, 0.2) is 11.5 Å². The van der Waals surface area contributed by atoms with Crippen molar-refractivity contribution >= 4 is 17.2 Å². The van der Waals surface area contributed by atoms with E-state index in [0.717, 1.165) is 77.6 Å². The maximum atomic E-state index is 14.5. The molecule has 0 radical (unpaired) electrons. The summed E-state index contributed by atoms with van der Waals surface area (Å²) in [6, 6.07) is 21.5. The lowest BCUT2D eigenvalue weighted by Crippen LogP contribution is -2.25. The third-order valence-electron chi connectivity index (χ3n) is 7.71. The molecule has 1 aromatic heterocycles. The number of hydrogen-bond acceptors (Lipinski definition) is 4. The minimum Gasteiger partial charge on any atom is -0.454 e. The smallest absolute Gasteiger partial charge is 0.231 e. The summed E-state index contributed by atoms with van der Waals surface area (Å²) < 4.78 is 28.1. The highest BCUT2D eigenvalue weighted by atomic mass is 35.5. The van der Waals surface area contributed by atoms with E-state index >= 15 is 0 Å². The summed E-state index contributed by atoms with van der Waals surface area (Å²) in [4.78, 5) is 7.63. The fourth-order valence-electron chi connectivity index (χ4n) is 5.60. The quantitative estimate of drug-likeness (QED) is 0.177. The van der Waals surface area contributed by atoms with Gasteiger partial charge in [-0.05, 0) is 54.7 Å². The molecule has 1 aliphatic heterocycles. The van der Waals surface area contributed by atoms with Gasteiger partial charge >= 0.3 is 0 Å². The SMILES string of the molecule is CCCCn1c(C2=CCCC=C2)nc(-c2ccccc2)c1CN(Cc1ccc(Cl)c(F)c1)Cc1ccc2c(c1)OCO2. The van der Waals surface area contributed by atoms with E-state index in [1.165, 1.54) is 11.6 Å². The van der Waals surface area contributed by atoms with E-state index in [1.807, 2.05) is 24.3 Å². The van der Waals surface area contributed by atoms with Crippen molar-refractivity contribution in [3.63, 3.8) is 0 Å². The largest absolute Gasteiger partial charge is 0.454 e. The molecule has 2 heterocycles. The van der Waals surface area contributed by atoms with Crippen LogP contribution in [-0.2, 0) is 26.2 Å². The van der Waals surface area contributed by atoms with Crippen molar-refractivity contribution in [2.75, 3.05) is 6.79 Å². The minimum absolute atomic E-state index is 0.128. The average Bonchev–Trinajstić information content (AvgIpc) is 3.63. The zero-order valence-electron chi connectivity index (χ0n) is 23.9. The molecule has 3 aromatic carbocycles. The van der Waals surface area contributed by atoms with Gasteiger partial charge in [0.1, 0.15) is 11.6 Å². The van der Waals surface area contributed by atoms with Gasteiger partial charge in [-0.3, -0.25) is 4.90 Å². The Bertz CT molecular complexity index is 1610. The van der Waals surface area contributed by atoms with Crippen LogP contribution in [0.15, 0.2) is 85.0 Å². The summed E-state index contributed by atoms with van der Waals surface area (Å²) >= 11 is 6.03. The zero-order chi connectivity index (χ0) is 28.9. The van der Waals surface area contributed by atoms with E-state index in [0.29, 0.717) is 19.6 Å². The maximum absolute atomic E-state index is 14.5. The minimum atomic E-state index is -0.409. The first-order valence-corrected chi connectivity index (χ1v) is 15.0. The Morgan fingerprint density at radius 1 is 0.929 bits per heavy atom. The summed E-state index contributed by atoms with van der Waals surface area (Å²) in [7, 11) is 0. The first-order valence-electron chi connectivity index (χ1n) is 14.7. The van der Waals surface area contributed by atoms with Crippen LogP contribution in [-0.4, -0.2) is 21.2 Å². The van der Waals surface area contributed by atoms with Crippen LogP contribution in [0.5, 0.6) is 11.5 Å². The highest BCUT2D eigenvalue weighted by Crippen LogP contribution is 2.35. The molecule has 42 heavy (non-hydrogen) atoms. The number of allylic oxidation sites excluding steroid dienone is 4. The Balaban J connectivity index is 1.43. The molecule has 5 nitrogen and oxygen atoms in total. The Morgan fingerprint density at radius 2 is 1.71 bits per heavy atom. The second-order valence-corrected chi connectivity index (χ2v) is 11.2. The molecule has 0 N–H and O–H groups in total. The number of aromatic nitrogens is 2. The number of fused-ring (bicyclic) bond motifs is 1. The first kappa shape index (κ1) is 28.3. The molecule has 0 amide bonds. The number of unbranched alkanes of at least 4 members (excludes halogenated alkanes) is 1. The van der Waals surface area contributed by atoms with E-state index in [-0.39, 0.29) is 11.8 Å². The lowest BCUT2D eigenvalue weighted by molar-refractivity contribution is 0.174. The molecule has 216 valence electrons. The molecule has 0 fully saturated rings. The first-order chi connectivity index (χ1) is 20.6. The van der Waals surface area contributed by atoms with Crippen LogP contribution in [0, 0.1) is 5.82 Å². The van der Waals surface area contributed by atoms with Crippen LogP contribution in [0.4, 0.5) is 4.39 Å². The van der Waals surface area contributed by atoms with Gasteiger partial charge in [-0.2, -0.15) is 0 Å². The Hall–Kier alpha value is -3.87. The van der Waals surface area contributed by atoms with Crippen molar-refractivity contribution in [2.45, 2.75) is 58.8 Å². The summed E-state index contributed by atoms with van der Waals surface area (Å²) in [5.41, 5.74) is 6.34. The molecule has 4 aromatic rings. The normalized spacial score (nSPS) is 14.0. The molecule has 0 saturated carbocycles. The molecule has 0 spiro atoms. The molecule has 0 unspecified atom stereocenters. The van der Waals surface area contributed by atoms with Crippen molar-refractivity contribution < 1.29 is 13.9 Å². The van der Waals surface area contributed by atoms with Gasteiger partial charge in [0.2, 0.25) is 6.79 Å². The number of rotatable bonds is 11. The number of hydrogen-bond donors (Lipinski definition) is 0. The lowest BCUT2D eigenvalue weighted by atomic mass is 10.1. The molecular formula is C35H35ClFN3O2. The third-order valence-corrected chi connectivity index (χ3v) is 8.02. The van der Waals surface area contributed by atoms with Crippen molar-refractivity contribution in [1.29, 1.82) is 0 Å². The van der Waals surface area contributed by atoms with Crippen molar-refractivity contribution in [3.05, 3.63) is 118 Å². The number of ether oxygens (including phenoxy) is 2. The predicted octanol–water partition coefficient (Wildman–Crippen LogP) is 8.81. The third kappa shape index (κ3) is 6.30. The van der Waals surface area contributed by atoms with Crippen LogP contribution in [0.3, 0.4) is 0 Å². The van der Waals surface area contributed by atoms with E-state index in [2.05, 4.69) is 65.0 Å². The second kappa shape index (κ2) is 13.0. The highest BCUT2D eigenvalue weighted by Gasteiger charge is 2.23. The van der Waals surface area contributed by atoms with E-state index in [4.69, 9.17) is 26.1 Å². The summed E-state index contributed by atoms with van der Waals surface area (Å²) in [5.74, 6) is 2.11. The Kier molecular flexibility index (Phi) is 8.73. The summed E-state index contributed by atoms with van der Waals surface area (Å²) in [6.07, 6.45) is 10.9. The van der Waals surface area contributed by atoms with Crippen molar-refractivity contribution in [2.24, 2.45) is 0 Å². The topological polar surface area (TPSA) is 39.5 Å². The standard InChI is InChI=1S/C35H35ClFN3O2/c1-2-3-18-40-31(34(27-10-6-4-7-11-27)38-35(40)28-12-8-5-9-13-28)23-39(21-25-14-16-29(36)30(37)19-25)22-26-15-17-32-33(20-26)42-24-41-32/h4,6-8,10-17,19-20H,2-3,5,9,18,21-24H2,1H3. The van der Waals surface area contributed by atoms with Gasteiger partial charge in [0.25, 0.3) is 0 Å². The monoisotopic (exact) mass is 583 g/mol. The predicted molar refractivity (Wildman–Crippen MR) is 166 cm³/mol. The van der Waals surface area contributed by atoms with E-state index in [9.17, 15) is 4.39 Å². The van der Waals surface area contributed by atoms with Crippen molar-refractivity contribution in [1.82, 2.24) is 14.5 Å². The number of imidazole rings is 1. The number of nitrogens with zero attached hydrogens (tertiary/aromatic N) is 3. The van der Waals surface area contributed by atoms with Gasteiger partial charge in [-0.15, -0.1) is 0 Å². The second-order valence-electron chi connectivity index (χ2n) is 10.8. The fraction of sp³-hybridized carbons (Fsp3) is 0.286. The van der Waals surface area contributed by atoms with Crippen LogP contribution in [0.25, 0.3) is 16.8 Å². The molecule has 6 rings (SSSR count). The number of benzene rings is 3. The molecule has 2 aliphatic rings. The van der Waals surface area contributed by atoms with Crippen LogP contribution in [0.1, 0.15) is 55.3 Å². The molecule has 0 bridgehead atoms. The molecular weight excluding hydrogens is 549 g/mol. The van der Waals surface area contributed by atoms with E-state index < -0.39 is 5.82 Å². The molecule has 7 heteroatoms. The molecule has 0 atom stereocenters. The van der Waals surface area contributed by atoms with Crippen LogP contribution >= 0.6 is 11.6 Å². The van der Waals surface area contributed by atoms with Gasteiger partial charge in [-0.25, -0.2) is 9.37 Å². The Morgan fingerprint density at radius 3 is 2.48 bits per heavy atom. The number of halogens is 2. The lowest BCUT2D eigenvalue weighted by Gasteiger charge is -2.25. The highest BCUT2D eigenvalue weighted by molar-refractivity contribution is 6.30. The van der Waals surface area contributed by atoms with Crippen molar-refractivity contribution in [3.8, 4) is 22.8 Å². The van der Waals surface area contributed by atoms with Crippen LogP contribution < -0.4 is 9.47 Å². The summed E-state index contributed by atoms with van der Waals surface area (Å²) in [6.45, 7) is 5.11. The molecule has 1 aliphatic carbocycles. The van der Waals surface area contributed by atoms with Gasteiger partial charge in [0.05, 0.1) is 16.4 Å². The average molecular weight is 584 g/mol. The van der Waals surface area contributed by atoms with Crippen LogP contribution in [0.2, 0.25) is 5.02 Å². The summed E-state index contributed by atoms with van der Waals surface area (Å²) in [5, 5.41) is 0.128. The zero-order valence-corrected chi connectivity index (χ0v) is 24.6. The van der Waals surface area contributed by atoms with Gasteiger partial charge in [-0.1, -0.05) is 85.6 Å². The Labute approximate surface area is 251 Å². The van der Waals surface area contributed by atoms with Gasteiger partial charge in [0, 0.05) is 37.3 Å². The molecule has 0 saturated heterocycles. The van der Waals surface area contributed by atoms with E-state index in [1.54, 1.807) is 6.07 Å². The maximum Gasteiger partial charge on any atom is 0.231 e. The fourth-order valence-corrected chi connectivity index (χ4v) is 5.72. The van der Waals surface area contributed by atoms with Gasteiger partial charge < -0.3 is 14.0 Å².